The normalized spacial score (nSPS) is 10.8. The predicted molar refractivity (Wildman–Crippen MR) is 130 cm³/mol. The van der Waals surface area contributed by atoms with Crippen molar-refractivity contribution in [3.8, 4) is 11.4 Å². The van der Waals surface area contributed by atoms with E-state index >= 15 is 0 Å². The maximum absolute atomic E-state index is 13.2. The number of carbonyl (C=O) groups excluding carboxylic acids is 1. The predicted octanol–water partition coefficient (Wildman–Crippen LogP) is 4.57. The second-order valence-corrected chi connectivity index (χ2v) is 8.24. The van der Waals surface area contributed by atoms with Crippen LogP contribution in [0, 0.1) is 6.92 Å². The Morgan fingerprint density at radius 2 is 1.81 bits per heavy atom. The molecule has 0 aliphatic heterocycles. The first-order valence-corrected chi connectivity index (χ1v) is 11.3. The number of aryl methyl sites for hydroxylation is 1. The van der Waals surface area contributed by atoms with Gasteiger partial charge in [-0.05, 0) is 55.0 Å². The number of methoxy groups -OCH3 is 1. The van der Waals surface area contributed by atoms with Crippen molar-refractivity contribution in [1.82, 2.24) is 9.55 Å². The zero-order valence-corrected chi connectivity index (χ0v) is 18.7. The van der Waals surface area contributed by atoms with Crippen molar-refractivity contribution in [3.63, 3.8) is 0 Å². The second kappa shape index (κ2) is 9.70. The third-order valence-electron chi connectivity index (χ3n) is 5.00. The lowest BCUT2D eigenvalue weighted by atomic mass is 10.2. The number of carbonyl (C=O) groups is 1. The van der Waals surface area contributed by atoms with Crippen LogP contribution in [0.3, 0.4) is 0 Å². The average molecular weight is 446 g/mol. The summed E-state index contributed by atoms with van der Waals surface area (Å²) in [6, 6.07) is 22.5. The molecule has 1 amide bonds. The molecule has 0 bridgehead atoms. The molecule has 0 saturated carbocycles. The summed E-state index contributed by atoms with van der Waals surface area (Å²) in [7, 11) is 1.60. The summed E-state index contributed by atoms with van der Waals surface area (Å²) < 4.78 is 6.76. The molecule has 0 aliphatic carbocycles. The minimum absolute atomic E-state index is 0.110. The first-order chi connectivity index (χ1) is 15.5. The third kappa shape index (κ3) is 4.84. The van der Waals surface area contributed by atoms with Crippen LogP contribution in [0.2, 0.25) is 0 Å². The smallest absolute Gasteiger partial charge is 0.266 e. The van der Waals surface area contributed by atoms with E-state index in [-0.39, 0.29) is 11.5 Å². The van der Waals surface area contributed by atoms with Crippen LogP contribution in [-0.4, -0.2) is 28.3 Å². The monoisotopic (exact) mass is 445 g/mol. The maximum Gasteiger partial charge on any atom is 0.266 e. The highest BCUT2D eigenvalue weighted by atomic mass is 32.2. The highest BCUT2D eigenvalue weighted by Gasteiger charge is 2.12. The minimum Gasteiger partial charge on any atom is -0.497 e. The first kappa shape index (κ1) is 21.6. The number of nitrogens with zero attached hydrogens (tertiary/aromatic N) is 2. The average Bonchev–Trinajstić information content (AvgIpc) is 2.81. The number of fused-ring (bicyclic) bond motifs is 1. The SMILES string of the molecule is COc1ccc(-n2c(C)nc3ccc(NC(=O)CSCc4ccccc4)cc3c2=O)cc1. The van der Waals surface area contributed by atoms with E-state index in [0.717, 1.165) is 5.75 Å². The van der Waals surface area contributed by atoms with Crippen molar-refractivity contribution in [2.45, 2.75) is 12.7 Å². The summed E-state index contributed by atoms with van der Waals surface area (Å²) in [4.78, 5) is 30.2. The molecule has 0 radical (unpaired) electrons. The molecule has 4 rings (SSSR count). The van der Waals surface area contributed by atoms with Crippen molar-refractivity contribution >= 4 is 34.3 Å². The highest BCUT2D eigenvalue weighted by Crippen LogP contribution is 2.19. The number of nitrogens with one attached hydrogen (secondary N) is 1. The van der Waals surface area contributed by atoms with Crippen LogP contribution in [0.15, 0.2) is 77.6 Å². The van der Waals surface area contributed by atoms with Gasteiger partial charge >= 0.3 is 0 Å². The standard InChI is InChI=1S/C25H23N3O3S/c1-17-26-23-13-8-19(27-24(29)16-32-15-18-6-4-3-5-7-18)14-22(23)25(30)28(17)20-9-11-21(31-2)12-10-20/h3-14H,15-16H2,1-2H3,(H,27,29). The van der Waals surface area contributed by atoms with Gasteiger partial charge in [0.15, 0.2) is 0 Å². The fraction of sp³-hybridized carbons (Fsp3) is 0.160. The van der Waals surface area contributed by atoms with Gasteiger partial charge in [-0.25, -0.2) is 4.98 Å². The van der Waals surface area contributed by atoms with Crippen molar-refractivity contribution in [3.05, 3.63) is 94.5 Å². The molecule has 0 saturated heterocycles. The van der Waals surface area contributed by atoms with E-state index in [9.17, 15) is 9.59 Å². The molecule has 6 nitrogen and oxygen atoms in total. The summed E-state index contributed by atoms with van der Waals surface area (Å²) in [5.41, 5.74) is 2.86. The summed E-state index contributed by atoms with van der Waals surface area (Å²) in [6.07, 6.45) is 0. The summed E-state index contributed by atoms with van der Waals surface area (Å²) in [5, 5.41) is 3.33. The topological polar surface area (TPSA) is 73.2 Å². The van der Waals surface area contributed by atoms with Gasteiger partial charge in [-0.1, -0.05) is 30.3 Å². The van der Waals surface area contributed by atoms with E-state index in [0.29, 0.717) is 39.6 Å². The molecule has 162 valence electrons. The number of rotatable bonds is 7. The third-order valence-corrected chi connectivity index (χ3v) is 6.00. The van der Waals surface area contributed by atoms with E-state index in [1.54, 1.807) is 60.7 Å². The Labute approximate surface area is 190 Å². The van der Waals surface area contributed by atoms with E-state index in [2.05, 4.69) is 10.3 Å². The Morgan fingerprint density at radius 1 is 1.06 bits per heavy atom. The van der Waals surface area contributed by atoms with Gasteiger partial charge < -0.3 is 10.1 Å². The number of hydrogen-bond donors (Lipinski definition) is 1. The molecule has 3 aromatic carbocycles. The van der Waals surface area contributed by atoms with Crippen LogP contribution >= 0.6 is 11.8 Å². The number of benzene rings is 3. The molecule has 0 unspecified atom stereocenters. The molecule has 7 heteroatoms. The zero-order chi connectivity index (χ0) is 22.5. The highest BCUT2D eigenvalue weighted by molar-refractivity contribution is 7.99. The largest absolute Gasteiger partial charge is 0.497 e. The summed E-state index contributed by atoms with van der Waals surface area (Å²) in [5.74, 6) is 2.28. The van der Waals surface area contributed by atoms with Gasteiger partial charge in [0.1, 0.15) is 11.6 Å². The van der Waals surface area contributed by atoms with E-state index in [1.165, 1.54) is 5.56 Å². The van der Waals surface area contributed by atoms with Crippen molar-refractivity contribution in [1.29, 1.82) is 0 Å². The van der Waals surface area contributed by atoms with Crippen molar-refractivity contribution < 1.29 is 9.53 Å². The fourth-order valence-corrected chi connectivity index (χ4v) is 4.23. The van der Waals surface area contributed by atoms with Gasteiger partial charge in [-0.2, -0.15) is 0 Å². The van der Waals surface area contributed by atoms with Crippen molar-refractivity contribution in [2.24, 2.45) is 0 Å². The molecule has 0 aliphatic rings. The zero-order valence-electron chi connectivity index (χ0n) is 17.9. The number of anilines is 1. The second-order valence-electron chi connectivity index (χ2n) is 7.26. The number of thioether (sulfide) groups is 1. The van der Waals surface area contributed by atoms with Crippen LogP contribution in [0.1, 0.15) is 11.4 Å². The lowest BCUT2D eigenvalue weighted by Crippen LogP contribution is -2.22. The maximum atomic E-state index is 13.2. The minimum atomic E-state index is -0.188. The molecular weight excluding hydrogens is 422 g/mol. The van der Waals surface area contributed by atoms with Gasteiger partial charge in [-0.15, -0.1) is 11.8 Å². The molecule has 1 aromatic heterocycles. The van der Waals surface area contributed by atoms with Crippen LogP contribution in [0.25, 0.3) is 16.6 Å². The molecule has 1 N–H and O–H groups in total. The molecule has 0 fully saturated rings. The van der Waals surface area contributed by atoms with Gasteiger partial charge in [0, 0.05) is 11.4 Å². The Morgan fingerprint density at radius 3 is 2.53 bits per heavy atom. The Hall–Kier alpha value is -3.58. The number of ether oxygens (including phenoxy) is 1. The van der Waals surface area contributed by atoms with Gasteiger partial charge in [0.2, 0.25) is 5.91 Å². The number of amides is 1. The summed E-state index contributed by atoms with van der Waals surface area (Å²) in [6.45, 7) is 1.80. The van der Waals surface area contributed by atoms with Gasteiger partial charge in [-0.3, -0.25) is 14.2 Å². The van der Waals surface area contributed by atoms with Crippen LogP contribution in [0.5, 0.6) is 5.75 Å². The Balaban J connectivity index is 1.53. The van der Waals surface area contributed by atoms with Crippen LogP contribution in [0.4, 0.5) is 5.69 Å². The number of hydrogen-bond acceptors (Lipinski definition) is 5. The van der Waals surface area contributed by atoms with E-state index in [1.807, 2.05) is 42.5 Å². The van der Waals surface area contributed by atoms with Gasteiger partial charge in [0.25, 0.3) is 5.56 Å². The Bertz CT molecular complexity index is 1300. The number of aromatic nitrogens is 2. The molecule has 0 atom stereocenters. The molecular formula is C25H23N3O3S. The fourth-order valence-electron chi connectivity index (χ4n) is 3.44. The van der Waals surface area contributed by atoms with Crippen LogP contribution < -0.4 is 15.6 Å². The van der Waals surface area contributed by atoms with E-state index in [4.69, 9.17) is 4.74 Å². The molecule has 0 spiro atoms. The summed E-state index contributed by atoms with van der Waals surface area (Å²) >= 11 is 1.54. The van der Waals surface area contributed by atoms with Gasteiger partial charge in [0.05, 0.1) is 29.5 Å². The lowest BCUT2D eigenvalue weighted by molar-refractivity contribution is -0.113. The first-order valence-electron chi connectivity index (χ1n) is 10.1. The molecule has 4 aromatic rings. The van der Waals surface area contributed by atoms with E-state index < -0.39 is 0 Å². The quantitative estimate of drug-likeness (QED) is 0.451. The lowest BCUT2D eigenvalue weighted by Gasteiger charge is -2.12. The van der Waals surface area contributed by atoms with Crippen molar-refractivity contribution in [2.75, 3.05) is 18.2 Å². The van der Waals surface area contributed by atoms with Crippen LogP contribution in [-0.2, 0) is 10.5 Å². The molecule has 32 heavy (non-hydrogen) atoms. The molecule has 1 heterocycles. The Kier molecular flexibility index (Phi) is 6.56.